The van der Waals surface area contributed by atoms with Crippen LogP contribution in [-0.4, -0.2) is 23.4 Å². The summed E-state index contributed by atoms with van der Waals surface area (Å²) in [7, 11) is 0. The van der Waals surface area contributed by atoms with Crippen molar-refractivity contribution < 1.29 is 9.50 Å². The molecule has 3 N–H and O–H groups in total. The molecule has 0 rings (SSSR count). The summed E-state index contributed by atoms with van der Waals surface area (Å²) < 4.78 is 12.6. The van der Waals surface area contributed by atoms with Crippen molar-refractivity contribution in [1.82, 2.24) is 0 Å². The summed E-state index contributed by atoms with van der Waals surface area (Å²) in [6.45, 7) is 2.75. The van der Waals surface area contributed by atoms with Crippen LogP contribution in [0.2, 0.25) is 0 Å². The minimum atomic E-state index is -1.26. The second-order valence-corrected chi connectivity index (χ2v) is 2.87. The third-order valence-corrected chi connectivity index (χ3v) is 0.982. The third-order valence-electron chi connectivity index (χ3n) is 0.982. The molecule has 0 aliphatic carbocycles. The lowest BCUT2D eigenvalue weighted by molar-refractivity contribution is 0.159. The number of halogens is 1. The van der Waals surface area contributed by atoms with E-state index in [1.54, 1.807) is 0 Å². The number of alkyl halides is 1. The fourth-order valence-electron chi connectivity index (χ4n) is 0.688. The van der Waals surface area contributed by atoms with Crippen LogP contribution >= 0.6 is 0 Å². The number of rotatable bonds is 3. The molecule has 2 nitrogen and oxygen atoms in total. The normalized spacial score (nSPS) is 15.7. The van der Waals surface area contributed by atoms with Crippen molar-refractivity contribution in [2.75, 3.05) is 6.61 Å². The number of hydrogen-bond donors (Lipinski definition) is 2. The monoisotopic (exact) mass is 135 g/mol. The lowest BCUT2D eigenvalue weighted by Gasteiger charge is -2.17. The van der Waals surface area contributed by atoms with E-state index in [4.69, 9.17) is 10.8 Å². The minimum Gasteiger partial charge on any atom is -0.395 e. The first-order valence-electron chi connectivity index (χ1n) is 3.01. The highest BCUT2D eigenvalue weighted by molar-refractivity contribution is 4.73. The molecule has 0 amide bonds. The first-order valence-corrected chi connectivity index (χ1v) is 3.01. The van der Waals surface area contributed by atoms with E-state index in [0.29, 0.717) is 0 Å². The molecular weight excluding hydrogens is 121 g/mol. The van der Waals surface area contributed by atoms with Crippen molar-refractivity contribution in [3.63, 3.8) is 0 Å². The van der Waals surface area contributed by atoms with Gasteiger partial charge < -0.3 is 10.8 Å². The molecule has 9 heavy (non-hydrogen) atoms. The highest BCUT2D eigenvalue weighted by Gasteiger charge is 2.18. The van der Waals surface area contributed by atoms with Crippen LogP contribution in [0, 0.1) is 0 Å². The molecule has 1 atom stereocenters. The molecule has 0 aliphatic rings. The van der Waals surface area contributed by atoms with Gasteiger partial charge >= 0.3 is 0 Å². The van der Waals surface area contributed by atoms with E-state index in [-0.39, 0.29) is 13.0 Å². The summed E-state index contributed by atoms with van der Waals surface area (Å²) in [5.74, 6) is 0. The molecular formula is C6H14FNO. The summed E-state index contributed by atoms with van der Waals surface area (Å²) in [6, 6.07) is -0.426. The Kier molecular flexibility index (Phi) is 3.08. The first kappa shape index (κ1) is 8.85. The van der Waals surface area contributed by atoms with Crippen LogP contribution < -0.4 is 5.73 Å². The van der Waals surface area contributed by atoms with Gasteiger partial charge in [-0.05, 0) is 20.3 Å². The van der Waals surface area contributed by atoms with Crippen LogP contribution in [0.3, 0.4) is 0 Å². The smallest absolute Gasteiger partial charge is 0.107 e. The maximum absolute atomic E-state index is 12.6. The van der Waals surface area contributed by atoms with Gasteiger partial charge in [-0.1, -0.05) is 0 Å². The Labute approximate surface area is 54.9 Å². The van der Waals surface area contributed by atoms with Crippen LogP contribution in [-0.2, 0) is 0 Å². The Hall–Kier alpha value is -0.150. The van der Waals surface area contributed by atoms with E-state index in [9.17, 15) is 4.39 Å². The number of aliphatic hydroxyl groups is 1. The summed E-state index contributed by atoms with van der Waals surface area (Å²) >= 11 is 0. The van der Waals surface area contributed by atoms with Gasteiger partial charge in [0.15, 0.2) is 0 Å². The van der Waals surface area contributed by atoms with Crippen molar-refractivity contribution in [3.05, 3.63) is 0 Å². The molecule has 0 aromatic carbocycles. The zero-order chi connectivity index (χ0) is 7.49. The Morgan fingerprint density at radius 2 is 2.11 bits per heavy atom. The molecule has 0 aromatic heterocycles. The van der Waals surface area contributed by atoms with Crippen molar-refractivity contribution in [3.8, 4) is 0 Å². The maximum Gasteiger partial charge on any atom is 0.107 e. The van der Waals surface area contributed by atoms with Crippen LogP contribution in [0.1, 0.15) is 20.3 Å². The second kappa shape index (κ2) is 3.13. The van der Waals surface area contributed by atoms with Gasteiger partial charge in [0.25, 0.3) is 0 Å². The fraction of sp³-hybridized carbons (Fsp3) is 1.00. The van der Waals surface area contributed by atoms with E-state index in [1.807, 2.05) is 0 Å². The van der Waals surface area contributed by atoms with Gasteiger partial charge in [-0.25, -0.2) is 4.39 Å². The third kappa shape index (κ3) is 5.73. The first-order chi connectivity index (χ1) is 3.95. The standard InChI is InChI=1S/C6H14FNO/c1-6(2,7)3-5(8)4-9/h5,9H,3-4,8H2,1-2H3/t5-/m1/s1. The van der Waals surface area contributed by atoms with Gasteiger partial charge in [0, 0.05) is 6.04 Å². The van der Waals surface area contributed by atoms with Crippen LogP contribution in [0.25, 0.3) is 0 Å². The summed E-state index contributed by atoms with van der Waals surface area (Å²) in [4.78, 5) is 0. The molecule has 0 radical (unpaired) electrons. The SMILES string of the molecule is CC(C)(F)C[C@@H](N)CO. The zero-order valence-electron chi connectivity index (χ0n) is 5.89. The molecule has 56 valence electrons. The van der Waals surface area contributed by atoms with E-state index in [0.717, 1.165) is 0 Å². The predicted molar refractivity (Wildman–Crippen MR) is 34.9 cm³/mol. The summed E-state index contributed by atoms with van der Waals surface area (Å²) in [5.41, 5.74) is 4.01. The van der Waals surface area contributed by atoms with E-state index in [1.165, 1.54) is 13.8 Å². The average molecular weight is 135 g/mol. The highest BCUT2D eigenvalue weighted by atomic mass is 19.1. The fourth-order valence-corrected chi connectivity index (χ4v) is 0.688. The molecule has 0 aliphatic heterocycles. The Morgan fingerprint density at radius 1 is 1.67 bits per heavy atom. The molecule has 0 heterocycles. The Balaban J connectivity index is 3.47. The molecule has 3 heteroatoms. The summed E-state index contributed by atoms with van der Waals surface area (Å²) in [6.07, 6.45) is 0.212. The number of nitrogens with two attached hydrogens (primary N) is 1. The lowest BCUT2D eigenvalue weighted by Crippen LogP contribution is -2.31. The molecule has 0 fully saturated rings. The van der Waals surface area contributed by atoms with Gasteiger partial charge in [0.2, 0.25) is 0 Å². The van der Waals surface area contributed by atoms with Gasteiger partial charge in [-0.2, -0.15) is 0 Å². The molecule has 0 unspecified atom stereocenters. The van der Waals surface area contributed by atoms with Gasteiger partial charge in [0.1, 0.15) is 5.67 Å². The topological polar surface area (TPSA) is 46.2 Å². The number of hydrogen-bond acceptors (Lipinski definition) is 2. The van der Waals surface area contributed by atoms with Crippen molar-refractivity contribution in [1.29, 1.82) is 0 Å². The van der Waals surface area contributed by atoms with Crippen molar-refractivity contribution in [2.24, 2.45) is 5.73 Å². The summed E-state index contributed by atoms with van der Waals surface area (Å²) in [5, 5.41) is 8.41. The second-order valence-electron chi connectivity index (χ2n) is 2.87. The van der Waals surface area contributed by atoms with E-state index in [2.05, 4.69) is 0 Å². The molecule has 0 bridgehead atoms. The molecule has 0 saturated carbocycles. The predicted octanol–water partition coefficient (Wildman–Crippen LogP) is 0.444. The largest absolute Gasteiger partial charge is 0.395 e. The Morgan fingerprint density at radius 3 is 2.22 bits per heavy atom. The van der Waals surface area contributed by atoms with Crippen LogP contribution in [0.4, 0.5) is 4.39 Å². The van der Waals surface area contributed by atoms with Crippen molar-refractivity contribution in [2.45, 2.75) is 32.0 Å². The van der Waals surface area contributed by atoms with Gasteiger partial charge in [-0.3, -0.25) is 0 Å². The molecule has 0 spiro atoms. The maximum atomic E-state index is 12.6. The molecule has 0 aromatic rings. The minimum absolute atomic E-state index is 0.145. The zero-order valence-corrected chi connectivity index (χ0v) is 5.89. The van der Waals surface area contributed by atoms with Gasteiger partial charge in [-0.15, -0.1) is 0 Å². The number of aliphatic hydroxyl groups excluding tert-OH is 1. The quantitative estimate of drug-likeness (QED) is 0.590. The van der Waals surface area contributed by atoms with Gasteiger partial charge in [0.05, 0.1) is 6.61 Å². The average Bonchev–Trinajstić information content (AvgIpc) is 1.62. The highest BCUT2D eigenvalue weighted by Crippen LogP contribution is 2.14. The van der Waals surface area contributed by atoms with E-state index < -0.39 is 11.7 Å². The van der Waals surface area contributed by atoms with E-state index >= 15 is 0 Å². The Bertz CT molecular complexity index is 79.6. The lowest BCUT2D eigenvalue weighted by atomic mass is 10.0. The molecule has 0 saturated heterocycles. The van der Waals surface area contributed by atoms with Crippen LogP contribution in [0.5, 0.6) is 0 Å². The van der Waals surface area contributed by atoms with Crippen molar-refractivity contribution >= 4 is 0 Å². The van der Waals surface area contributed by atoms with Crippen LogP contribution in [0.15, 0.2) is 0 Å².